The van der Waals surface area contributed by atoms with Crippen LogP contribution >= 0.6 is 11.8 Å². The van der Waals surface area contributed by atoms with Crippen LogP contribution in [0.3, 0.4) is 0 Å². The van der Waals surface area contributed by atoms with Gasteiger partial charge in [-0.05, 0) is 49.8 Å². The van der Waals surface area contributed by atoms with Gasteiger partial charge in [0.1, 0.15) is 0 Å². The molecule has 1 fully saturated rings. The highest BCUT2D eigenvalue weighted by molar-refractivity contribution is 8.00. The van der Waals surface area contributed by atoms with E-state index >= 15 is 0 Å². The Bertz CT molecular complexity index is 480. The van der Waals surface area contributed by atoms with Gasteiger partial charge in [-0.3, -0.25) is 4.79 Å². The number of thioether (sulfide) groups is 1. The number of carboxylic acids is 1. The standard InChI is InChI=1S/C17H23NO2S/c19-17(20)8-7-13-4-3-9-18(11-13)12-15-10-14-5-1-2-6-16(14)21-15/h1-2,5-6,13,15H,3-4,7-12H2,(H,19,20). The van der Waals surface area contributed by atoms with E-state index in [-0.39, 0.29) is 0 Å². The topological polar surface area (TPSA) is 40.5 Å². The minimum absolute atomic E-state index is 0.322. The van der Waals surface area contributed by atoms with E-state index in [0.29, 0.717) is 17.6 Å². The number of piperidine rings is 1. The highest BCUT2D eigenvalue weighted by Gasteiger charge is 2.27. The van der Waals surface area contributed by atoms with E-state index in [1.165, 1.54) is 36.3 Å². The lowest BCUT2D eigenvalue weighted by Gasteiger charge is -2.34. The Morgan fingerprint density at radius 3 is 3.05 bits per heavy atom. The van der Waals surface area contributed by atoms with Gasteiger partial charge in [0.2, 0.25) is 0 Å². The van der Waals surface area contributed by atoms with Crippen molar-refractivity contribution >= 4 is 17.7 Å². The van der Waals surface area contributed by atoms with E-state index in [4.69, 9.17) is 5.11 Å². The molecule has 2 aliphatic rings. The normalized spacial score (nSPS) is 25.7. The van der Waals surface area contributed by atoms with Crippen molar-refractivity contribution in [2.45, 2.75) is 42.2 Å². The Balaban J connectivity index is 1.48. The van der Waals surface area contributed by atoms with Crippen molar-refractivity contribution in [1.82, 2.24) is 4.90 Å². The lowest BCUT2D eigenvalue weighted by Crippen LogP contribution is -2.39. The summed E-state index contributed by atoms with van der Waals surface area (Å²) in [5.74, 6) is -0.0856. The van der Waals surface area contributed by atoms with Crippen LogP contribution in [-0.4, -0.2) is 40.9 Å². The van der Waals surface area contributed by atoms with E-state index < -0.39 is 5.97 Å². The van der Waals surface area contributed by atoms with E-state index in [2.05, 4.69) is 29.2 Å². The third-order valence-electron chi connectivity index (χ3n) is 4.55. The number of fused-ring (bicyclic) bond motifs is 1. The molecule has 2 heterocycles. The third-order valence-corrected chi connectivity index (χ3v) is 5.85. The number of hydrogen-bond donors (Lipinski definition) is 1. The van der Waals surface area contributed by atoms with Gasteiger partial charge in [0.05, 0.1) is 0 Å². The summed E-state index contributed by atoms with van der Waals surface area (Å²) in [5.41, 5.74) is 1.49. The first-order valence-corrected chi connectivity index (χ1v) is 8.77. The van der Waals surface area contributed by atoms with E-state index in [1.807, 2.05) is 11.8 Å². The molecule has 2 atom stereocenters. The molecule has 2 unspecified atom stereocenters. The second kappa shape index (κ2) is 6.84. The molecule has 0 aliphatic carbocycles. The molecular formula is C17H23NO2S. The van der Waals surface area contributed by atoms with Crippen molar-refractivity contribution < 1.29 is 9.90 Å². The monoisotopic (exact) mass is 305 g/mol. The van der Waals surface area contributed by atoms with Crippen LogP contribution in [0.15, 0.2) is 29.2 Å². The maximum atomic E-state index is 10.7. The van der Waals surface area contributed by atoms with E-state index in [0.717, 1.165) is 19.5 Å². The van der Waals surface area contributed by atoms with Crippen molar-refractivity contribution in [3.8, 4) is 0 Å². The molecule has 0 radical (unpaired) electrons. The van der Waals surface area contributed by atoms with Crippen LogP contribution in [0.1, 0.15) is 31.2 Å². The zero-order valence-electron chi connectivity index (χ0n) is 12.3. The fraction of sp³-hybridized carbons (Fsp3) is 0.588. The third kappa shape index (κ3) is 4.01. The highest BCUT2D eigenvalue weighted by atomic mass is 32.2. The molecule has 0 aromatic heterocycles. The lowest BCUT2D eigenvalue weighted by molar-refractivity contribution is -0.137. The van der Waals surface area contributed by atoms with Crippen molar-refractivity contribution in [2.75, 3.05) is 19.6 Å². The molecule has 0 bridgehead atoms. The molecule has 1 saturated heterocycles. The fourth-order valence-corrected chi connectivity index (χ4v) is 4.89. The molecular weight excluding hydrogens is 282 g/mol. The SMILES string of the molecule is O=C(O)CCC1CCCN(CC2Cc3ccccc3S2)C1. The van der Waals surface area contributed by atoms with Crippen molar-refractivity contribution in [1.29, 1.82) is 0 Å². The van der Waals surface area contributed by atoms with Gasteiger partial charge in [0, 0.05) is 29.7 Å². The number of nitrogens with zero attached hydrogens (tertiary/aromatic N) is 1. The molecule has 3 rings (SSSR count). The number of aliphatic carboxylic acids is 1. The molecule has 1 aromatic carbocycles. The summed E-state index contributed by atoms with van der Waals surface area (Å²) in [4.78, 5) is 14.7. The van der Waals surface area contributed by atoms with Crippen LogP contribution < -0.4 is 0 Å². The summed E-state index contributed by atoms with van der Waals surface area (Å²) >= 11 is 2.01. The maximum absolute atomic E-state index is 10.7. The van der Waals surface area contributed by atoms with Crippen LogP contribution in [0.5, 0.6) is 0 Å². The van der Waals surface area contributed by atoms with Crippen molar-refractivity contribution in [3.63, 3.8) is 0 Å². The quantitative estimate of drug-likeness (QED) is 0.906. The Morgan fingerprint density at radius 1 is 1.38 bits per heavy atom. The van der Waals surface area contributed by atoms with Gasteiger partial charge in [0.25, 0.3) is 0 Å². The second-order valence-corrected chi connectivity index (χ2v) is 7.59. The van der Waals surface area contributed by atoms with Gasteiger partial charge in [-0.1, -0.05) is 18.2 Å². The minimum atomic E-state index is -0.658. The maximum Gasteiger partial charge on any atom is 0.303 e. The Hall–Kier alpha value is -1.00. The zero-order chi connectivity index (χ0) is 14.7. The first-order chi connectivity index (χ1) is 10.2. The minimum Gasteiger partial charge on any atom is -0.481 e. The molecule has 0 spiro atoms. The first kappa shape index (κ1) is 14.9. The lowest BCUT2D eigenvalue weighted by atomic mass is 9.93. The molecule has 2 aliphatic heterocycles. The van der Waals surface area contributed by atoms with E-state index in [9.17, 15) is 4.79 Å². The average molecular weight is 305 g/mol. The summed E-state index contributed by atoms with van der Waals surface area (Å²) in [5, 5.41) is 9.49. The number of carbonyl (C=O) groups is 1. The number of rotatable bonds is 5. The molecule has 1 aromatic rings. The predicted octanol–water partition coefficient (Wildman–Crippen LogP) is 3.28. The van der Waals surface area contributed by atoms with Crippen LogP contribution in [0.25, 0.3) is 0 Å². The van der Waals surface area contributed by atoms with Gasteiger partial charge in [-0.25, -0.2) is 0 Å². The predicted molar refractivity (Wildman–Crippen MR) is 85.8 cm³/mol. The van der Waals surface area contributed by atoms with Crippen molar-refractivity contribution in [2.24, 2.45) is 5.92 Å². The summed E-state index contributed by atoms with van der Waals surface area (Å²) in [6.45, 7) is 3.40. The largest absolute Gasteiger partial charge is 0.481 e. The van der Waals surface area contributed by atoms with Crippen molar-refractivity contribution in [3.05, 3.63) is 29.8 Å². The molecule has 114 valence electrons. The number of benzene rings is 1. The first-order valence-electron chi connectivity index (χ1n) is 7.89. The molecule has 0 amide bonds. The molecule has 0 saturated carbocycles. The molecule has 3 nitrogen and oxygen atoms in total. The smallest absolute Gasteiger partial charge is 0.303 e. The number of carboxylic acid groups (broad SMARTS) is 1. The summed E-state index contributed by atoms with van der Waals surface area (Å²) in [6, 6.07) is 8.72. The van der Waals surface area contributed by atoms with Gasteiger partial charge >= 0.3 is 5.97 Å². The summed E-state index contributed by atoms with van der Waals surface area (Å²) < 4.78 is 0. The van der Waals surface area contributed by atoms with Gasteiger partial charge < -0.3 is 10.0 Å². The number of hydrogen-bond acceptors (Lipinski definition) is 3. The number of likely N-dealkylation sites (tertiary alicyclic amines) is 1. The highest BCUT2D eigenvalue weighted by Crippen LogP contribution is 2.37. The van der Waals surface area contributed by atoms with Crippen LogP contribution in [-0.2, 0) is 11.2 Å². The van der Waals surface area contributed by atoms with Gasteiger partial charge in [-0.15, -0.1) is 11.8 Å². The Labute approximate surface area is 130 Å². The molecule has 1 N–H and O–H groups in total. The zero-order valence-corrected chi connectivity index (χ0v) is 13.1. The van der Waals surface area contributed by atoms with Gasteiger partial charge in [-0.2, -0.15) is 0 Å². The Kier molecular flexibility index (Phi) is 4.86. The fourth-order valence-electron chi connectivity index (χ4n) is 3.52. The average Bonchev–Trinajstić information content (AvgIpc) is 2.87. The van der Waals surface area contributed by atoms with Crippen LogP contribution in [0.4, 0.5) is 0 Å². The molecule has 4 heteroatoms. The van der Waals surface area contributed by atoms with E-state index in [1.54, 1.807) is 0 Å². The Morgan fingerprint density at radius 2 is 2.24 bits per heavy atom. The van der Waals surface area contributed by atoms with Gasteiger partial charge in [0.15, 0.2) is 0 Å². The molecule has 21 heavy (non-hydrogen) atoms. The van der Waals surface area contributed by atoms with Crippen LogP contribution in [0, 0.1) is 5.92 Å². The van der Waals surface area contributed by atoms with Crippen LogP contribution in [0.2, 0.25) is 0 Å². The summed E-state index contributed by atoms with van der Waals surface area (Å²) in [6.07, 6.45) is 4.75. The second-order valence-electron chi connectivity index (χ2n) is 6.25. The summed E-state index contributed by atoms with van der Waals surface area (Å²) in [7, 11) is 0.